The van der Waals surface area contributed by atoms with Crippen molar-refractivity contribution in [2.75, 3.05) is 20.1 Å². The lowest BCUT2D eigenvalue weighted by molar-refractivity contribution is -0.143. The minimum absolute atomic E-state index is 0.0117. The van der Waals surface area contributed by atoms with Gasteiger partial charge in [0, 0.05) is 36.9 Å². The van der Waals surface area contributed by atoms with Gasteiger partial charge in [-0.05, 0) is 101 Å². The molecule has 3 aromatic rings. The summed E-state index contributed by atoms with van der Waals surface area (Å²) in [4.78, 5) is 33.1. The van der Waals surface area contributed by atoms with Crippen molar-refractivity contribution < 1.29 is 19.1 Å². The number of nitrogens with zero attached hydrogens (tertiary/aromatic N) is 4. The predicted molar refractivity (Wildman–Crippen MR) is 145 cm³/mol. The third-order valence-corrected chi connectivity index (χ3v) is 8.71. The van der Waals surface area contributed by atoms with Crippen LogP contribution in [0.2, 0.25) is 0 Å². The molecule has 202 valence electrons. The Morgan fingerprint density at radius 1 is 1.08 bits per heavy atom. The largest absolute Gasteiger partial charge is 0.481 e. The molecule has 1 saturated heterocycles. The summed E-state index contributed by atoms with van der Waals surface area (Å²) in [6.45, 7) is 5.61. The summed E-state index contributed by atoms with van der Waals surface area (Å²) in [7, 11) is 1.74. The number of halogens is 1. The number of likely N-dealkylation sites (tertiary alicyclic amines) is 1. The summed E-state index contributed by atoms with van der Waals surface area (Å²) in [5.74, 6) is -1.14. The minimum atomic E-state index is -0.666. The fourth-order valence-electron chi connectivity index (χ4n) is 6.20. The highest BCUT2D eigenvalue weighted by molar-refractivity contribution is 5.99. The average molecular weight is 521 g/mol. The zero-order valence-corrected chi connectivity index (χ0v) is 22.4. The Labute approximate surface area is 223 Å². The van der Waals surface area contributed by atoms with E-state index in [0.717, 1.165) is 62.5 Å². The molecule has 0 spiro atoms. The number of aliphatic carboxylic acids is 1. The zero-order chi connectivity index (χ0) is 27.0. The van der Waals surface area contributed by atoms with Crippen molar-refractivity contribution in [3.63, 3.8) is 0 Å². The first kappa shape index (κ1) is 26.4. The molecule has 1 aromatic carbocycles. The SMILES string of the molecule is CC(C)N(C)C(=O)c1cc(F)ccc1-n1cc(C2CCC(N3CCC(C(=O)O)CC3)CC2)c2ccncc21. The third kappa shape index (κ3) is 5.06. The van der Waals surface area contributed by atoms with Crippen molar-refractivity contribution in [2.24, 2.45) is 5.92 Å². The normalized spacial score (nSPS) is 21.2. The highest BCUT2D eigenvalue weighted by Gasteiger charge is 2.32. The molecule has 8 heteroatoms. The van der Waals surface area contributed by atoms with Crippen LogP contribution in [-0.2, 0) is 4.79 Å². The number of carboxylic acids is 1. The van der Waals surface area contributed by atoms with Gasteiger partial charge in [-0.15, -0.1) is 0 Å². The molecule has 0 unspecified atom stereocenters. The lowest BCUT2D eigenvalue weighted by Crippen LogP contribution is -2.44. The molecule has 1 amide bonds. The third-order valence-electron chi connectivity index (χ3n) is 8.71. The number of carbonyl (C=O) groups excluding carboxylic acids is 1. The molecule has 0 bridgehead atoms. The number of hydrogen-bond acceptors (Lipinski definition) is 4. The Kier molecular flexibility index (Phi) is 7.52. The molecule has 1 aliphatic carbocycles. The zero-order valence-electron chi connectivity index (χ0n) is 22.4. The van der Waals surface area contributed by atoms with Crippen LogP contribution < -0.4 is 0 Å². The van der Waals surface area contributed by atoms with E-state index in [1.807, 2.05) is 30.7 Å². The molecule has 1 N–H and O–H groups in total. The molecule has 2 aliphatic rings. The number of benzene rings is 1. The summed E-state index contributed by atoms with van der Waals surface area (Å²) >= 11 is 0. The Bertz CT molecular complexity index is 1320. The number of piperidine rings is 1. The summed E-state index contributed by atoms with van der Waals surface area (Å²) in [5, 5.41) is 10.4. The van der Waals surface area contributed by atoms with Crippen LogP contribution in [0, 0.1) is 11.7 Å². The van der Waals surface area contributed by atoms with Crippen LogP contribution in [0.3, 0.4) is 0 Å². The van der Waals surface area contributed by atoms with Crippen molar-refractivity contribution in [1.82, 2.24) is 19.4 Å². The van der Waals surface area contributed by atoms with Gasteiger partial charge in [-0.3, -0.25) is 14.6 Å². The molecule has 0 radical (unpaired) electrons. The number of pyridine rings is 1. The van der Waals surface area contributed by atoms with Crippen molar-refractivity contribution in [3.05, 3.63) is 59.8 Å². The maximum Gasteiger partial charge on any atom is 0.306 e. The van der Waals surface area contributed by atoms with Gasteiger partial charge >= 0.3 is 5.97 Å². The van der Waals surface area contributed by atoms with Gasteiger partial charge < -0.3 is 19.5 Å². The second-order valence-corrected chi connectivity index (χ2v) is 11.2. The van der Waals surface area contributed by atoms with Crippen LogP contribution in [0.1, 0.15) is 74.2 Å². The summed E-state index contributed by atoms with van der Waals surface area (Å²) < 4.78 is 16.3. The molecular formula is C30H37FN4O3. The number of carbonyl (C=O) groups is 2. The first-order chi connectivity index (χ1) is 18.2. The van der Waals surface area contributed by atoms with E-state index in [1.165, 1.54) is 17.7 Å². The lowest BCUT2D eigenvalue weighted by atomic mass is 9.80. The maximum absolute atomic E-state index is 14.3. The van der Waals surface area contributed by atoms with Crippen LogP contribution in [0.4, 0.5) is 4.39 Å². The van der Waals surface area contributed by atoms with E-state index in [0.29, 0.717) is 23.2 Å². The molecule has 7 nitrogen and oxygen atoms in total. The topological polar surface area (TPSA) is 78.7 Å². The van der Waals surface area contributed by atoms with Crippen molar-refractivity contribution in [2.45, 2.75) is 70.4 Å². The number of hydrogen-bond donors (Lipinski definition) is 1. The quantitative estimate of drug-likeness (QED) is 0.467. The standard InChI is InChI=1S/C30H37FN4O3/c1-19(2)33(3)29(36)25-16-22(31)6-9-27(25)35-18-26(24-10-13-32-17-28(24)35)20-4-7-23(8-5-20)34-14-11-21(12-15-34)30(37)38/h6,9-10,13,16-21,23H,4-5,7-8,11-12,14-15H2,1-3H3,(H,37,38). The van der Waals surface area contributed by atoms with Gasteiger partial charge in [-0.2, -0.15) is 0 Å². The van der Waals surface area contributed by atoms with E-state index in [2.05, 4.69) is 16.1 Å². The van der Waals surface area contributed by atoms with Gasteiger partial charge in [-0.1, -0.05) is 0 Å². The first-order valence-corrected chi connectivity index (χ1v) is 13.7. The van der Waals surface area contributed by atoms with Crippen molar-refractivity contribution in [3.8, 4) is 5.69 Å². The van der Waals surface area contributed by atoms with E-state index in [9.17, 15) is 19.1 Å². The van der Waals surface area contributed by atoms with Gasteiger partial charge in [-0.25, -0.2) is 4.39 Å². The van der Waals surface area contributed by atoms with Gasteiger partial charge in [0.1, 0.15) is 5.82 Å². The minimum Gasteiger partial charge on any atom is -0.481 e. The van der Waals surface area contributed by atoms with Crippen LogP contribution in [-0.4, -0.2) is 68.6 Å². The highest BCUT2D eigenvalue weighted by atomic mass is 19.1. The van der Waals surface area contributed by atoms with E-state index in [4.69, 9.17) is 0 Å². The fraction of sp³-hybridized carbons (Fsp3) is 0.500. The smallest absolute Gasteiger partial charge is 0.306 e. The van der Waals surface area contributed by atoms with Gasteiger partial charge in [0.25, 0.3) is 5.91 Å². The van der Waals surface area contributed by atoms with Gasteiger partial charge in [0.05, 0.1) is 28.9 Å². The van der Waals surface area contributed by atoms with Crippen LogP contribution in [0.25, 0.3) is 16.6 Å². The maximum atomic E-state index is 14.3. The van der Waals surface area contributed by atoms with Crippen molar-refractivity contribution >= 4 is 22.8 Å². The van der Waals surface area contributed by atoms with Crippen LogP contribution in [0.15, 0.2) is 42.9 Å². The number of amides is 1. The monoisotopic (exact) mass is 520 g/mol. The second kappa shape index (κ2) is 10.8. The van der Waals surface area contributed by atoms with E-state index >= 15 is 0 Å². The molecule has 1 aliphatic heterocycles. The van der Waals surface area contributed by atoms with Gasteiger partial charge in [0.2, 0.25) is 0 Å². The molecule has 2 aromatic heterocycles. The Morgan fingerprint density at radius 2 is 1.79 bits per heavy atom. The fourth-order valence-corrected chi connectivity index (χ4v) is 6.20. The Hall–Kier alpha value is -3.26. The van der Waals surface area contributed by atoms with E-state index in [-0.39, 0.29) is 17.9 Å². The first-order valence-electron chi connectivity index (χ1n) is 13.7. The highest BCUT2D eigenvalue weighted by Crippen LogP contribution is 2.40. The number of carboxylic acid groups (broad SMARTS) is 1. The molecule has 5 rings (SSSR count). The average Bonchev–Trinajstić information content (AvgIpc) is 3.32. The van der Waals surface area contributed by atoms with Crippen LogP contribution in [0.5, 0.6) is 0 Å². The summed E-state index contributed by atoms with van der Waals surface area (Å²) in [5.41, 5.74) is 3.14. The second-order valence-electron chi connectivity index (χ2n) is 11.2. The molecular weight excluding hydrogens is 483 g/mol. The molecule has 0 atom stereocenters. The van der Waals surface area contributed by atoms with Crippen molar-refractivity contribution in [1.29, 1.82) is 0 Å². The van der Waals surface area contributed by atoms with E-state index < -0.39 is 11.8 Å². The summed E-state index contributed by atoms with van der Waals surface area (Å²) in [6, 6.07) is 6.95. The van der Waals surface area contributed by atoms with Gasteiger partial charge in [0.15, 0.2) is 0 Å². The summed E-state index contributed by atoms with van der Waals surface area (Å²) in [6.07, 6.45) is 11.5. The molecule has 2 fully saturated rings. The Balaban J connectivity index is 1.41. The van der Waals surface area contributed by atoms with Crippen LogP contribution >= 0.6 is 0 Å². The Morgan fingerprint density at radius 3 is 2.45 bits per heavy atom. The number of rotatable bonds is 6. The predicted octanol–water partition coefficient (Wildman–Crippen LogP) is 5.47. The molecule has 3 heterocycles. The lowest BCUT2D eigenvalue weighted by Gasteiger charge is -2.40. The molecule has 38 heavy (non-hydrogen) atoms. The number of fused-ring (bicyclic) bond motifs is 1. The van der Waals surface area contributed by atoms with E-state index in [1.54, 1.807) is 24.2 Å². The number of aromatic nitrogens is 2. The molecule has 1 saturated carbocycles.